The Bertz CT molecular complexity index is 1010. The van der Waals surface area contributed by atoms with Crippen molar-refractivity contribution in [3.05, 3.63) is 36.1 Å². The fourth-order valence-corrected chi connectivity index (χ4v) is 4.80. The molecule has 0 saturated carbocycles. The zero-order valence-electron chi connectivity index (χ0n) is 14.2. The molecule has 136 valence electrons. The van der Waals surface area contributed by atoms with E-state index in [-0.39, 0.29) is 0 Å². The van der Waals surface area contributed by atoms with Gasteiger partial charge in [-0.3, -0.25) is 0 Å². The van der Waals surface area contributed by atoms with Crippen LogP contribution < -0.4 is 4.90 Å². The second kappa shape index (κ2) is 7.10. The summed E-state index contributed by atoms with van der Waals surface area (Å²) in [4.78, 5) is 16.6. The quantitative estimate of drug-likeness (QED) is 0.667. The lowest BCUT2D eigenvalue weighted by Crippen LogP contribution is -2.44. The van der Waals surface area contributed by atoms with E-state index in [2.05, 4.69) is 42.4 Å². The summed E-state index contributed by atoms with van der Waals surface area (Å²) in [5, 5.41) is 0. The first kappa shape index (κ1) is 17.7. The summed E-state index contributed by atoms with van der Waals surface area (Å²) in [7, 11) is -2.76. The molecule has 2 aromatic heterocycles. The van der Waals surface area contributed by atoms with E-state index in [0.717, 1.165) is 31.7 Å². The highest BCUT2D eigenvalue weighted by Gasteiger charge is 2.20. The van der Waals surface area contributed by atoms with Gasteiger partial charge in [0.15, 0.2) is 0 Å². The van der Waals surface area contributed by atoms with Crippen LogP contribution in [-0.2, 0) is 9.73 Å². The summed E-state index contributed by atoms with van der Waals surface area (Å²) in [5.74, 6) is 0.631. The number of rotatable bonds is 4. The number of aromatic nitrogens is 3. The monoisotopic (exact) mass is 406 g/mol. The van der Waals surface area contributed by atoms with E-state index in [0.29, 0.717) is 10.8 Å². The number of hydrogen-bond donors (Lipinski definition) is 1. The number of fused-ring (bicyclic) bond motifs is 1. The molecule has 0 radical (unpaired) electrons. The maximum Gasteiger partial charge on any atom is 0.225 e. The summed E-state index contributed by atoms with van der Waals surface area (Å²) in [6.45, 7) is 3.45. The third-order valence-corrected chi connectivity index (χ3v) is 7.13. The Morgan fingerprint density at radius 2 is 1.88 bits per heavy atom. The van der Waals surface area contributed by atoms with Gasteiger partial charge in [0.1, 0.15) is 0 Å². The van der Waals surface area contributed by atoms with Crippen molar-refractivity contribution >= 4 is 49.2 Å². The predicted molar refractivity (Wildman–Crippen MR) is 106 cm³/mol. The zero-order chi connectivity index (χ0) is 18.1. The second-order valence-electron chi connectivity index (χ2n) is 6.05. The van der Waals surface area contributed by atoms with Crippen molar-refractivity contribution in [1.29, 1.82) is 4.78 Å². The van der Waals surface area contributed by atoms with Gasteiger partial charge in [0.25, 0.3) is 0 Å². The van der Waals surface area contributed by atoms with E-state index in [1.807, 2.05) is 5.51 Å². The first-order valence-corrected chi connectivity index (χ1v) is 11.7. The number of thiazole rings is 1. The van der Waals surface area contributed by atoms with Crippen LogP contribution in [0.3, 0.4) is 0 Å². The minimum Gasteiger partial charge on any atom is -0.338 e. The van der Waals surface area contributed by atoms with Crippen LogP contribution in [0.1, 0.15) is 0 Å². The lowest BCUT2D eigenvalue weighted by atomic mass is 10.3. The summed E-state index contributed by atoms with van der Waals surface area (Å²) in [6.07, 6.45) is 4.38. The van der Waals surface area contributed by atoms with E-state index < -0.39 is 9.73 Å². The Morgan fingerprint density at radius 3 is 2.58 bits per heavy atom. The smallest absolute Gasteiger partial charge is 0.225 e. The van der Waals surface area contributed by atoms with Gasteiger partial charge in [0.05, 0.1) is 30.4 Å². The normalized spacial score (nSPS) is 18.1. The summed E-state index contributed by atoms with van der Waals surface area (Å²) >= 11 is 3.41. The fourth-order valence-electron chi connectivity index (χ4n) is 2.70. The van der Waals surface area contributed by atoms with Gasteiger partial charge in [-0.2, -0.15) is 0 Å². The van der Waals surface area contributed by atoms with Crippen molar-refractivity contribution in [3.8, 4) is 0 Å². The third kappa shape index (κ3) is 3.83. The van der Waals surface area contributed by atoms with Gasteiger partial charge in [-0.1, -0.05) is 0 Å². The van der Waals surface area contributed by atoms with Crippen LogP contribution in [0.2, 0.25) is 0 Å². The van der Waals surface area contributed by atoms with E-state index in [1.54, 1.807) is 23.3 Å². The molecule has 3 aromatic rings. The largest absolute Gasteiger partial charge is 0.338 e. The van der Waals surface area contributed by atoms with Gasteiger partial charge in [-0.25, -0.2) is 28.2 Å². The number of benzene rings is 1. The van der Waals surface area contributed by atoms with Gasteiger partial charge in [0.2, 0.25) is 5.95 Å². The molecular weight excluding hydrogens is 388 g/mol. The fraction of sp³-hybridized carbons (Fsp3) is 0.312. The molecule has 1 aromatic carbocycles. The van der Waals surface area contributed by atoms with Crippen LogP contribution >= 0.6 is 23.3 Å². The van der Waals surface area contributed by atoms with Crippen LogP contribution in [0.5, 0.6) is 0 Å². The van der Waals surface area contributed by atoms with Gasteiger partial charge < -0.3 is 4.90 Å². The molecule has 0 aliphatic carbocycles. The topological polar surface area (TPSA) is 86.1 Å². The summed E-state index contributed by atoms with van der Waals surface area (Å²) in [5.41, 5.74) is 2.93. The highest BCUT2D eigenvalue weighted by Crippen LogP contribution is 2.28. The Hall–Kier alpha value is -1.75. The average molecular weight is 407 g/mol. The molecule has 26 heavy (non-hydrogen) atoms. The van der Waals surface area contributed by atoms with Crippen LogP contribution in [-0.4, -0.2) is 55.9 Å². The van der Waals surface area contributed by atoms with Crippen molar-refractivity contribution in [2.75, 3.05) is 37.3 Å². The van der Waals surface area contributed by atoms with E-state index in [4.69, 9.17) is 4.78 Å². The van der Waals surface area contributed by atoms with Crippen LogP contribution in [0.25, 0.3) is 10.2 Å². The van der Waals surface area contributed by atoms with Crippen molar-refractivity contribution in [1.82, 2.24) is 19.3 Å². The molecule has 1 N–H and O–H groups in total. The molecule has 7 nitrogen and oxygen atoms in total. The van der Waals surface area contributed by atoms with Crippen molar-refractivity contribution in [2.45, 2.75) is 9.79 Å². The van der Waals surface area contributed by atoms with Crippen LogP contribution in [0, 0.1) is 4.78 Å². The third-order valence-electron chi connectivity index (χ3n) is 4.12. The maximum absolute atomic E-state index is 11.7. The highest BCUT2D eigenvalue weighted by atomic mass is 32.2. The number of anilines is 1. The molecule has 1 atom stereocenters. The molecule has 3 heterocycles. The van der Waals surface area contributed by atoms with Gasteiger partial charge in [-0.05, 0) is 30.1 Å². The molecule has 10 heteroatoms. The van der Waals surface area contributed by atoms with Gasteiger partial charge in [-0.15, -0.1) is 11.3 Å². The summed E-state index contributed by atoms with van der Waals surface area (Å²) in [6, 6.07) is 6.40. The first-order valence-electron chi connectivity index (χ1n) is 8.06. The maximum atomic E-state index is 11.7. The van der Waals surface area contributed by atoms with Gasteiger partial charge >= 0.3 is 0 Å². The molecule has 1 unspecified atom stereocenters. The lowest BCUT2D eigenvalue weighted by Gasteiger charge is -2.33. The molecule has 1 aliphatic rings. The first-order chi connectivity index (χ1) is 12.5. The van der Waals surface area contributed by atoms with Crippen LogP contribution in [0.4, 0.5) is 5.95 Å². The second-order valence-corrected chi connectivity index (χ2v) is 10.3. The van der Waals surface area contributed by atoms with Crippen LogP contribution in [0.15, 0.2) is 45.9 Å². The highest BCUT2D eigenvalue weighted by molar-refractivity contribution is 7.97. The van der Waals surface area contributed by atoms with E-state index in [9.17, 15) is 4.21 Å². The Morgan fingerprint density at radius 1 is 1.15 bits per heavy atom. The summed E-state index contributed by atoms with van der Waals surface area (Å²) < 4.78 is 22.8. The Labute approximate surface area is 160 Å². The molecule has 1 fully saturated rings. The number of nitrogens with zero attached hydrogens (tertiary/aromatic N) is 5. The number of nitrogens with one attached hydrogen (secondary N) is 1. The van der Waals surface area contributed by atoms with Crippen molar-refractivity contribution in [2.24, 2.45) is 0 Å². The Balaban J connectivity index is 1.37. The molecular formula is C16H18N6OS3. The number of hydrogen-bond acceptors (Lipinski definition) is 9. The van der Waals surface area contributed by atoms with E-state index in [1.165, 1.54) is 28.2 Å². The molecule has 1 saturated heterocycles. The van der Waals surface area contributed by atoms with Crippen molar-refractivity contribution in [3.63, 3.8) is 0 Å². The lowest BCUT2D eigenvalue weighted by molar-refractivity contribution is 0.426. The number of piperazine rings is 1. The average Bonchev–Trinajstić information content (AvgIpc) is 3.10. The van der Waals surface area contributed by atoms with Crippen molar-refractivity contribution < 1.29 is 4.21 Å². The Kier molecular flexibility index (Phi) is 4.82. The molecule has 0 bridgehead atoms. The SMILES string of the molecule is CS(=N)(=O)c1cnc(N2CCN(Sc3ccc4scnc4c3)CC2)nc1. The minimum absolute atomic E-state index is 0.368. The molecule has 1 aliphatic heterocycles. The van der Waals surface area contributed by atoms with Gasteiger partial charge in [0, 0.05) is 49.7 Å². The molecule has 0 amide bonds. The minimum atomic E-state index is -2.76. The predicted octanol–water partition coefficient (Wildman–Crippen LogP) is 2.95. The standard InChI is InChI=1S/C16H18N6OS3/c1-26(17,23)13-9-18-16(19-10-13)21-4-6-22(7-5-21)25-12-2-3-15-14(8-12)20-11-24-15/h2-3,8-11,17H,4-7H2,1H3. The molecule has 4 rings (SSSR count). The molecule has 0 spiro atoms. The zero-order valence-corrected chi connectivity index (χ0v) is 16.6. The van der Waals surface area contributed by atoms with E-state index >= 15 is 0 Å².